The molecule has 6 nitrogen and oxygen atoms in total. The highest BCUT2D eigenvalue weighted by Gasteiger charge is 2.59. The van der Waals surface area contributed by atoms with Crippen molar-refractivity contribution in [3.05, 3.63) is 29.8 Å². The number of benzene rings is 1. The summed E-state index contributed by atoms with van der Waals surface area (Å²) in [5.74, 6) is 0.217. The Balaban J connectivity index is 1.93. The molecule has 0 unspecified atom stereocenters. The van der Waals surface area contributed by atoms with Crippen LogP contribution >= 0.6 is 0 Å². The minimum Gasteiger partial charge on any atom is -0.492 e. The van der Waals surface area contributed by atoms with Gasteiger partial charge in [-0.05, 0) is 31.5 Å². The molecule has 20 heavy (non-hydrogen) atoms. The van der Waals surface area contributed by atoms with Crippen molar-refractivity contribution in [2.24, 2.45) is 5.73 Å². The fourth-order valence-electron chi connectivity index (χ4n) is 1.99. The van der Waals surface area contributed by atoms with Gasteiger partial charge in [0.05, 0.1) is 6.54 Å². The van der Waals surface area contributed by atoms with Crippen LogP contribution in [0.15, 0.2) is 24.3 Å². The molecule has 110 valence electrons. The maximum Gasteiger partial charge on any atom is 0.259 e. The largest absolute Gasteiger partial charge is 0.492 e. The predicted octanol–water partition coefficient (Wildman–Crippen LogP) is 0.475. The monoisotopic (exact) mass is 298 g/mol. The van der Waals surface area contributed by atoms with Crippen molar-refractivity contribution in [1.82, 2.24) is 4.31 Å². The van der Waals surface area contributed by atoms with E-state index in [1.165, 1.54) is 13.8 Å². The Morgan fingerprint density at radius 1 is 1.35 bits per heavy atom. The molecule has 0 radical (unpaired) electrons. The second kappa shape index (κ2) is 5.06. The summed E-state index contributed by atoms with van der Waals surface area (Å²) in [4.78, 5) is 11.7. The van der Waals surface area contributed by atoms with Gasteiger partial charge in [-0.2, -0.15) is 0 Å². The molecule has 1 aromatic carbocycles. The lowest BCUT2D eigenvalue weighted by atomic mass is 10.2. The smallest absolute Gasteiger partial charge is 0.259 e. The number of nitrogens with two attached hydrogens (primary N) is 1. The Bertz CT molecular complexity index is 625. The van der Waals surface area contributed by atoms with Crippen LogP contribution in [0, 0.1) is 0 Å². The molecule has 0 saturated carbocycles. The first kappa shape index (κ1) is 14.8. The zero-order chi connectivity index (χ0) is 15.0. The van der Waals surface area contributed by atoms with Crippen molar-refractivity contribution in [1.29, 1.82) is 0 Å². The van der Waals surface area contributed by atoms with Crippen LogP contribution in [0.5, 0.6) is 5.75 Å². The fourth-order valence-corrected chi connectivity index (χ4v) is 3.50. The summed E-state index contributed by atoms with van der Waals surface area (Å²) in [7, 11) is -3.53. The molecule has 0 aromatic heterocycles. The first-order chi connectivity index (χ1) is 9.30. The van der Waals surface area contributed by atoms with Gasteiger partial charge in [0.15, 0.2) is 4.75 Å². The summed E-state index contributed by atoms with van der Waals surface area (Å²) in [5, 5.41) is 0. The number of rotatable bonds is 5. The number of sulfonamides is 1. The molecule has 0 aliphatic carbocycles. The van der Waals surface area contributed by atoms with Gasteiger partial charge in [-0.25, -0.2) is 12.7 Å². The normalized spacial score (nSPS) is 19.6. The predicted molar refractivity (Wildman–Crippen MR) is 74.5 cm³/mol. The average Bonchev–Trinajstić information content (AvgIpc) is 2.42. The van der Waals surface area contributed by atoms with E-state index in [1.54, 1.807) is 12.1 Å². The van der Waals surface area contributed by atoms with Crippen LogP contribution in [0.1, 0.15) is 19.4 Å². The van der Waals surface area contributed by atoms with E-state index in [1.807, 2.05) is 12.1 Å². The van der Waals surface area contributed by atoms with Crippen molar-refractivity contribution in [3.8, 4) is 5.75 Å². The van der Waals surface area contributed by atoms with E-state index >= 15 is 0 Å². The van der Waals surface area contributed by atoms with Crippen molar-refractivity contribution < 1.29 is 17.9 Å². The molecule has 0 spiro atoms. The molecule has 1 aliphatic rings. The summed E-state index contributed by atoms with van der Waals surface area (Å²) < 4.78 is 28.7. The molecule has 1 aromatic rings. The van der Waals surface area contributed by atoms with Crippen LogP contribution < -0.4 is 10.5 Å². The molecule has 1 amide bonds. The molecule has 1 fully saturated rings. The summed E-state index contributed by atoms with van der Waals surface area (Å²) in [6, 6.07) is 7.23. The molecular weight excluding hydrogens is 280 g/mol. The third kappa shape index (κ3) is 2.27. The summed E-state index contributed by atoms with van der Waals surface area (Å²) in [6.45, 7) is 3.37. The van der Waals surface area contributed by atoms with Gasteiger partial charge in [0.2, 0.25) is 0 Å². The molecular formula is C13H18N2O4S. The first-order valence-electron chi connectivity index (χ1n) is 6.29. The van der Waals surface area contributed by atoms with Gasteiger partial charge in [-0.3, -0.25) is 4.79 Å². The van der Waals surface area contributed by atoms with Crippen LogP contribution in [0.25, 0.3) is 0 Å². The van der Waals surface area contributed by atoms with Crippen LogP contribution in [0.4, 0.5) is 0 Å². The SMILES string of the molecule is CC1(C)C(=O)N(CCOc2cccc(CN)c2)S1(=O)=O. The average molecular weight is 298 g/mol. The molecule has 7 heteroatoms. The van der Waals surface area contributed by atoms with Crippen molar-refractivity contribution in [3.63, 3.8) is 0 Å². The van der Waals surface area contributed by atoms with Gasteiger partial charge >= 0.3 is 0 Å². The van der Waals surface area contributed by atoms with Gasteiger partial charge < -0.3 is 10.5 Å². The van der Waals surface area contributed by atoms with E-state index in [0.717, 1.165) is 9.87 Å². The molecule has 2 rings (SSSR count). The second-order valence-electron chi connectivity index (χ2n) is 5.09. The second-order valence-corrected chi connectivity index (χ2v) is 7.50. The van der Waals surface area contributed by atoms with E-state index in [-0.39, 0.29) is 13.2 Å². The third-order valence-corrected chi connectivity index (χ3v) is 5.77. The van der Waals surface area contributed by atoms with Crippen molar-refractivity contribution in [2.45, 2.75) is 25.1 Å². The number of hydrogen-bond acceptors (Lipinski definition) is 5. The van der Waals surface area contributed by atoms with E-state index in [0.29, 0.717) is 12.3 Å². The summed E-state index contributed by atoms with van der Waals surface area (Å²) in [5.41, 5.74) is 6.45. The quantitative estimate of drug-likeness (QED) is 0.853. The lowest BCUT2D eigenvalue weighted by Crippen LogP contribution is -2.67. The minimum absolute atomic E-state index is 0.0252. The molecule has 1 aliphatic heterocycles. The summed E-state index contributed by atoms with van der Waals surface area (Å²) in [6.07, 6.45) is 0. The van der Waals surface area contributed by atoms with Crippen molar-refractivity contribution >= 4 is 15.9 Å². The van der Waals surface area contributed by atoms with Gasteiger partial charge in [0.25, 0.3) is 15.9 Å². The maximum absolute atomic E-state index is 11.9. The Morgan fingerprint density at radius 2 is 2.05 bits per heavy atom. The highest BCUT2D eigenvalue weighted by Crippen LogP contribution is 2.34. The molecule has 1 saturated heterocycles. The van der Waals surface area contributed by atoms with Crippen LogP contribution in [-0.2, 0) is 21.4 Å². The Morgan fingerprint density at radius 3 is 2.65 bits per heavy atom. The number of carbonyl (C=O) groups excluding carboxylic acids is 1. The van der Waals surface area contributed by atoms with E-state index < -0.39 is 20.7 Å². The zero-order valence-electron chi connectivity index (χ0n) is 11.5. The third-order valence-electron chi connectivity index (χ3n) is 3.37. The molecule has 0 atom stereocenters. The Hall–Kier alpha value is -1.60. The molecule has 0 bridgehead atoms. The van der Waals surface area contributed by atoms with E-state index in [9.17, 15) is 13.2 Å². The van der Waals surface area contributed by atoms with Crippen LogP contribution in [0.2, 0.25) is 0 Å². The Labute approximate surface area is 118 Å². The first-order valence-corrected chi connectivity index (χ1v) is 7.73. The van der Waals surface area contributed by atoms with E-state index in [4.69, 9.17) is 10.5 Å². The number of nitrogens with zero attached hydrogens (tertiary/aromatic N) is 1. The topological polar surface area (TPSA) is 89.7 Å². The van der Waals surface area contributed by atoms with Gasteiger partial charge in [0.1, 0.15) is 12.4 Å². The molecule has 1 heterocycles. The zero-order valence-corrected chi connectivity index (χ0v) is 12.3. The molecule has 2 N–H and O–H groups in total. The van der Waals surface area contributed by atoms with E-state index in [2.05, 4.69) is 0 Å². The van der Waals surface area contributed by atoms with Crippen LogP contribution in [-0.4, -0.2) is 36.5 Å². The number of amides is 1. The van der Waals surface area contributed by atoms with Gasteiger partial charge in [-0.1, -0.05) is 12.1 Å². The fraction of sp³-hybridized carbons (Fsp3) is 0.462. The lowest BCUT2D eigenvalue weighted by molar-refractivity contribution is -0.132. The lowest BCUT2D eigenvalue weighted by Gasteiger charge is -2.42. The minimum atomic E-state index is -3.53. The number of hydrogen-bond donors (Lipinski definition) is 1. The van der Waals surface area contributed by atoms with Crippen LogP contribution in [0.3, 0.4) is 0 Å². The number of carbonyl (C=O) groups is 1. The van der Waals surface area contributed by atoms with Crippen molar-refractivity contribution in [2.75, 3.05) is 13.2 Å². The van der Waals surface area contributed by atoms with Gasteiger partial charge in [-0.15, -0.1) is 0 Å². The van der Waals surface area contributed by atoms with Gasteiger partial charge in [0, 0.05) is 6.54 Å². The highest BCUT2D eigenvalue weighted by atomic mass is 32.2. The maximum atomic E-state index is 11.9. The highest BCUT2D eigenvalue weighted by molar-refractivity contribution is 7.94. The summed E-state index contributed by atoms with van der Waals surface area (Å²) >= 11 is 0. The Kier molecular flexibility index (Phi) is 3.75. The number of ether oxygens (including phenoxy) is 1. The standard InChI is InChI=1S/C13H18N2O4S/c1-13(2)12(16)15(20(13,17)18)6-7-19-11-5-3-4-10(8-11)9-14/h3-5,8H,6-7,9,14H2,1-2H3.